The van der Waals surface area contributed by atoms with Gasteiger partial charge in [0.25, 0.3) is 0 Å². The van der Waals surface area contributed by atoms with Crippen LogP contribution in [-0.2, 0) is 6.42 Å². The van der Waals surface area contributed by atoms with Crippen molar-refractivity contribution in [3.05, 3.63) is 76.1 Å². The Labute approximate surface area is 123 Å². The Morgan fingerprint density at radius 1 is 1.25 bits per heavy atom. The van der Waals surface area contributed by atoms with Crippen molar-refractivity contribution in [2.75, 3.05) is 0 Å². The summed E-state index contributed by atoms with van der Waals surface area (Å²) in [5.41, 5.74) is 2.17. The lowest BCUT2D eigenvalue weighted by atomic mass is 9.93. The van der Waals surface area contributed by atoms with E-state index in [0.717, 1.165) is 5.56 Å². The Morgan fingerprint density at radius 2 is 1.95 bits per heavy atom. The minimum atomic E-state index is -0.128. The second-order valence-corrected chi connectivity index (χ2v) is 5.19. The molecule has 100 valence electrons. The first-order chi connectivity index (χ1) is 9.60. The third-order valence-corrected chi connectivity index (χ3v) is 3.41. The normalized spacial score (nSPS) is 11.7. The number of rotatable bonds is 4. The van der Waals surface area contributed by atoms with Crippen LogP contribution < -0.4 is 0 Å². The quantitative estimate of drug-likeness (QED) is 0.574. The summed E-state index contributed by atoms with van der Waals surface area (Å²) in [6.45, 7) is 8.89. The molecule has 2 nitrogen and oxygen atoms in total. The molecule has 2 aromatic carbocycles. The number of benzene rings is 2. The molecule has 0 aliphatic heterocycles. The average Bonchev–Trinajstić information content (AvgIpc) is 2.48. The van der Waals surface area contributed by atoms with Crippen molar-refractivity contribution in [3.8, 4) is 0 Å². The molecule has 1 unspecified atom stereocenters. The van der Waals surface area contributed by atoms with Gasteiger partial charge in [-0.25, -0.2) is 4.85 Å². The minimum absolute atomic E-state index is 0.0606. The number of Topliss-reactive ketones (excluding diaryl/α,β-unsaturated/α-hetero) is 1. The third-order valence-electron chi connectivity index (χ3n) is 3.16. The minimum Gasteiger partial charge on any atom is -0.294 e. The highest BCUT2D eigenvalue weighted by molar-refractivity contribution is 6.30. The molecular weight excluding hydrogens is 270 g/mol. The Hall–Kier alpha value is -2.11. The maximum absolute atomic E-state index is 12.4. The van der Waals surface area contributed by atoms with Crippen molar-refractivity contribution in [2.24, 2.45) is 5.92 Å². The summed E-state index contributed by atoms with van der Waals surface area (Å²) in [6, 6.07) is 14.4. The fraction of sp³-hybridized carbons (Fsp3) is 0.176. The van der Waals surface area contributed by atoms with E-state index in [1.54, 1.807) is 24.3 Å². The van der Waals surface area contributed by atoms with Gasteiger partial charge in [0.15, 0.2) is 11.5 Å². The predicted molar refractivity (Wildman–Crippen MR) is 81.4 cm³/mol. The van der Waals surface area contributed by atoms with Crippen LogP contribution in [-0.4, -0.2) is 5.78 Å². The van der Waals surface area contributed by atoms with Crippen molar-refractivity contribution >= 4 is 23.1 Å². The van der Waals surface area contributed by atoms with Crippen molar-refractivity contribution in [1.82, 2.24) is 0 Å². The number of hydrogen-bond donors (Lipinski definition) is 0. The molecule has 0 radical (unpaired) electrons. The van der Waals surface area contributed by atoms with Gasteiger partial charge in [-0.3, -0.25) is 4.79 Å². The van der Waals surface area contributed by atoms with Crippen LogP contribution in [0.4, 0.5) is 5.69 Å². The van der Waals surface area contributed by atoms with Crippen LogP contribution in [0.3, 0.4) is 0 Å². The van der Waals surface area contributed by atoms with Gasteiger partial charge in [-0.05, 0) is 30.2 Å². The molecule has 2 rings (SSSR count). The zero-order chi connectivity index (χ0) is 14.5. The summed E-state index contributed by atoms with van der Waals surface area (Å²) in [7, 11) is 0. The Balaban J connectivity index is 2.12. The second kappa shape index (κ2) is 6.36. The summed E-state index contributed by atoms with van der Waals surface area (Å²) in [5.74, 6) is -0.0670. The summed E-state index contributed by atoms with van der Waals surface area (Å²) in [6.07, 6.45) is 0.665. The molecule has 0 saturated heterocycles. The maximum atomic E-state index is 12.4. The second-order valence-electron chi connectivity index (χ2n) is 4.76. The van der Waals surface area contributed by atoms with Crippen LogP contribution in [0, 0.1) is 12.5 Å². The molecule has 0 saturated carbocycles. The van der Waals surface area contributed by atoms with Crippen LogP contribution in [0.1, 0.15) is 22.8 Å². The van der Waals surface area contributed by atoms with Crippen LogP contribution in [0.15, 0.2) is 48.5 Å². The molecule has 1 atom stereocenters. The van der Waals surface area contributed by atoms with Crippen molar-refractivity contribution in [2.45, 2.75) is 13.3 Å². The predicted octanol–water partition coefficient (Wildman–Crippen LogP) is 4.95. The molecule has 0 aliphatic rings. The molecule has 2 aromatic rings. The van der Waals surface area contributed by atoms with Gasteiger partial charge in [-0.1, -0.05) is 48.9 Å². The van der Waals surface area contributed by atoms with Crippen molar-refractivity contribution in [3.63, 3.8) is 0 Å². The molecule has 0 aliphatic carbocycles. The maximum Gasteiger partial charge on any atom is 0.187 e. The van der Waals surface area contributed by atoms with Gasteiger partial charge in [-0.15, -0.1) is 0 Å². The zero-order valence-corrected chi connectivity index (χ0v) is 11.9. The van der Waals surface area contributed by atoms with E-state index in [9.17, 15) is 4.79 Å². The topological polar surface area (TPSA) is 21.4 Å². The van der Waals surface area contributed by atoms with Crippen molar-refractivity contribution in [1.29, 1.82) is 0 Å². The molecule has 0 spiro atoms. The van der Waals surface area contributed by atoms with E-state index in [4.69, 9.17) is 18.2 Å². The van der Waals surface area contributed by atoms with E-state index < -0.39 is 0 Å². The van der Waals surface area contributed by atoms with Gasteiger partial charge < -0.3 is 0 Å². The summed E-state index contributed by atoms with van der Waals surface area (Å²) in [5, 5.41) is 0.692. The lowest BCUT2D eigenvalue weighted by molar-refractivity contribution is 0.0929. The van der Waals surface area contributed by atoms with E-state index in [-0.39, 0.29) is 11.7 Å². The van der Waals surface area contributed by atoms with Crippen LogP contribution in [0.2, 0.25) is 5.02 Å². The van der Waals surface area contributed by atoms with E-state index >= 15 is 0 Å². The molecule has 0 fully saturated rings. The fourth-order valence-corrected chi connectivity index (χ4v) is 2.21. The Morgan fingerprint density at radius 3 is 2.60 bits per heavy atom. The average molecular weight is 284 g/mol. The number of carbonyl (C=O) groups is 1. The fourth-order valence-electron chi connectivity index (χ4n) is 2.08. The van der Waals surface area contributed by atoms with E-state index in [1.807, 2.05) is 31.2 Å². The van der Waals surface area contributed by atoms with Gasteiger partial charge in [0.1, 0.15) is 0 Å². The van der Waals surface area contributed by atoms with E-state index in [1.165, 1.54) is 0 Å². The SMILES string of the molecule is [C-]#[N+]c1cccc(C(=O)C(C)Cc2ccc(Cl)cc2)c1. The third kappa shape index (κ3) is 3.46. The highest BCUT2D eigenvalue weighted by Gasteiger charge is 2.15. The zero-order valence-electron chi connectivity index (χ0n) is 11.1. The van der Waals surface area contributed by atoms with Crippen molar-refractivity contribution < 1.29 is 4.79 Å². The lowest BCUT2D eigenvalue weighted by Crippen LogP contribution is -2.13. The first-order valence-electron chi connectivity index (χ1n) is 6.36. The summed E-state index contributed by atoms with van der Waals surface area (Å²) in [4.78, 5) is 15.7. The highest BCUT2D eigenvalue weighted by atomic mass is 35.5. The Kier molecular flexibility index (Phi) is 4.55. The molecule has 20 heavy (non-hydrogen) atoms. The largest absolute Gasteiger partial charge is 0.294 e. The standard InChI is InChI=1S/C17H14ClNO/c1-12(10-13-6-8-15(18)9-7-13)17(20)14-4-3-5-16(11-14)19-2/h3-9,11-12H,10H2,1H3. The number of hydrogen-bond acceptors (Lipinski definition) is 1. The highest BCUT2D eigenvalue weighted by Crippen LogP contribution is 2.20. The van der Waals surface area contributed by atoms with Crippen LogP contribution >= 0.6 is 11.6 Å². The van der Waals surface area contributed by atoms with Gasteiger partial charge >= 0.3 is 0 Å². The number of carbonyl (C=O) groups excluding carboxylic acids is 1. The number of ketones is 1. The number of halogens is 1. The molecule has 0 bridgehead atoms. The van der Waals surface area contributed by atoms with Crippen LogP contribution in [0.25, 0.3) is 4.85 Å². The molecule has 0 heterocycles. The van der Waals surface area contributed by atoms with E-state index in [0.29, 0.717) is 22.7 Å². The molecule has 0 N–H and O–H groups in total. The van der Waals surface area contributed by atoms with Crippen LogP contribution in [0.5, 0.6) is 0 Å². The molecule has 0 amide bonds. The molecule has 3 heteroatoms. The Bertz CT molecular complexity index is 655. The van der Waals surface area contributed by atoms with Gasteiger partial charge in [0.2, 0.25) is 0 Å². The first kappa shape index (κ1) is 14.3. The van der Waals surface area contributed by atoms with Gasteiger partial charge in [0.05, 0.1) is 6.57 Å². The molecular formula is C17H14ClNO. The monoisotopic (exact) mass is 283 g/mol. The summed E-state index contributed by atoms with van der Waals surface area (Å²) >= 11 is 5.84. The lowest BCUT2D eigenvalue weighted by Gasteiger charge is -2.11. The summed E-state index contributed by atoms with van der Waals surface area (Å²) < 4.78 is 0. The van der Waals surface area contributed by atoms with E-state index in [2.05, 4.69) is 4.85 Å². The van der Waals surface area contributed by atoms with Gasteiger partial charge in [-0.2, -0.15) is 0 Å². The smallest absolute Gasteiger partial charge is 0.187 e. The molecule has 0 aromatic heterocycles. The number of nitrogens with zero attached hydrogens (tertiary/aromatic N) is 1. The van der Waals surface area contributed by atoms with Gasteiger partial charge in [0, 0.05) is 16.5 Å². The first-order valence-corrected chi connectivity index (χ1v) is 6.74.